The Morgan fingerprint density at radius 2 is 1.79 bits per heavy atom. The van der Waals surface area contributed by atoms with Crippen LogP contribution in [0.3, 0.4) is 0 Å². The molecule has 2 aromatic rings. The van der Waals surface area contributed by atoms with Gasteiger partial charge in [-0.1, -0.05) is 53.5 Å². The largest absolute Gasteiger partial charge is 0.312 e. The highest BCUT2D eigenvalue weighted by Gasteiger charge is 2.14. The topological polar surface area (TPSA) is 12.0 Å². The zero-order valence-electron chi connectivity index (χ0n) is 10.6. The van der Waals surface area contributed by atoms with Crippen LogP contribution in [0.25, 0.3) is 0 Å². The van der Waals surface area contributed by atoms with Gasteiger partial charge in [-0.25, -0.2) is 0 Å². The van der Waals surface area contributed by atoms with Crippen molar-refractivity contribution in [1.29, 1.82) is 0 Å². The molecule has 1 atom stereocenters. The summed E-state index contributed by atoms with van der Waals surface area (Å²) in [6.45, 7) is 0. The van der Waals surface area contributed by atoms with E-state index in [1.54, 1.807) is 11.8 Å². The fourth-order valence-corrected chi connectivity index (χ4v) is 3.31. The average molecular weight is 312 g/mol. The summed E-state index contributed by atoms with van der Waals surface area (Å²) in [7, 11) is 1.94. The first kappa shape index (κ1) is 14.7. The van der Waals surface area contributed by atoms with Gasteiger partial charge in [-0.2, -0.15) is 0 Å². The van der Waals surface area contributed by atoms with Gasteiger partial charge in [0.05, 0.1) is 10.0 Å². The Hall–Kier alpha value is -0.670. The molecule has 0 heterocycles. The Morgan fingerprint density at radius 3 is 2.47 bits per heavy atom. The molecule has 19 heavy (non-hydrogen) atoms. The van der Waals surface area contributed by atoms with Crippen molar-refractivity contribution < 1.29 is 0 Å². The molecule has 0 aliphatic heterocycles. The summed E-state index contributed by atoms with van der Waals surface area (Å²) in [5, 5.41) is 4.53. The highest BCUT2D eigenvalue weighted by molar-refractivity contribution is 7.99. The minimum absolute atomic E-state index is 0.177. The first-order valence-electron chi connectivity index (χ1n) is 6.01. The first-order valence-corrected chi connectivity index (χ1v) is 7.75. The standard InChI is InChI=1S/C15H15Cl2NS/c1-18-14(10-19-11-6-3-2-4-7-11)12-8-5-9-13(16)15(12)17/h2-9,14,18H,10H2,1H3. The molecule has 0 spiro atoms. The summed E-state index contributed by atoms with van der Waals surface area (Å²) in [5.74, 6) is 0.903. The van der Waals surface area contributed by atoms with Gasteiger partial charge in [0, 0.05) is 16.7 Å². The van der Waals surface area contributed by atoms with Crippen LogP contribution in [0.4, 0.5) is 0 Å². The van der Waals surface area contributed by atoms with Crippen LogP contribution in [0.1, 0.15) is 11.6 Å². The number of hydrogen-bond donors (Lipinski definition) is 1. The smallest absolute Gasteiger partial charge is 0.0640 e. The van der Waals surface area contributed by atoms with Crippen molar-refractivity contribution in [2.75, 3.05) is 12.8 Å². The van der Waals surface area contributed by atoms with E-state index in [9.17, 15) is 0 Å². The molecule has 0 aliphatic rings. The molecule has 2 rings (SSSR count). The second-order valence-corrected chi connectivity index (χ2v) is 5.99. The zero-order chi connectivity index (χ0) is 13.7. The molecule has 0 fully saturated rings. The number of thioether (sulfide) groups is 1. The van der Waals surface area contributed by atoms with E-state index in [-0.39, 0.29) is 6.04 Å². The molecule has 0 bridgehead atoms. The van der Waals surface area contributed by atoms with Gasteiger partial charge in [0.1, 0.15) is 0 Å². The van der Waals surface area contributed by atoms with Crippen LogP contribution in [-0.4, -0.2) is 12.8 Å². The van der Waals surface area contributed by atoms with Gasteiger partial charge >= 0.3 is 0 Å². The maximum atomic E-state index is 6.27. The van der Waals surface area contributed by atoms with Gasteiger partial charge in [-0.3, -0.25) is 0 Å². The van der Waals surface area contributed by atoms with Crippen molar-refractivity contribution in [2.24, 2.45) is 0 Å². The van der Waals surface area contributed by atoms with Crippen molar-refractivity contribution in [3.8, 4) is 0 Å². The summed E-state index contributed by atoms with van der Waals surface area (Å²) in [4.78, 5) is 1.25. The Balaban J connectivity index is 2.10. The van der Waals surface area contributed by atoms with Gasteiger partial charge in [-0.15, -0.1) is 11.8 Å². The van der Waals surface area contributed by atoms with Gasteiger partial charge in [0.25, 0.3) is 0 Å². The summed E-state index contributed by atoms with van der Waals surface area (Å²) < 4.78 is 0. The SMILES string of the molecule is CNC(CSc1ccccc1)c1cccc(Cl)c1Cl. The highest BCUT2D eigenvalue weighted by atomic mass is 35.5. The predicted octanol–water partition coefficient (Wildman–Crippen LogP) is 5.05. The van der Waals surface area contributed by atoms with Crippen LogP contribution in [0.15, 0.2) is 53.4 Å². The van der Waals surface area contributed by atoms with Gasteiger partial charge in [-0.05, 0) is 30.8 Å². The molecule has 0 saturated carbocycles. The van der Waals surface area contributed by atoms with Gasteiger partial charge in [0.2, 0.25) is 0 Å². The minimum atomic E-state index is 0.177. The van der Waals surface area contributed by atoms with Gasteiger partial charge < -0.3 is 5.32 Å². The Labute approximate surface area is 128 Å². The molecule has 0 aliphatic carbocycles. The third kappa shape index (κ3) is 3.90. The lowest BCUT2D eigenvalue weighted by Crippen LogP contribution is -2.19. The van der Waals surface area contributed by atoms with E-state index in [2.05, 4.69) is 17.4 Å². The molecular formula is C15H15Cl2NS. The second-order valence-electron chi connectivity index (χ2n) is 4.11. The van der Waals surface area contributed by atoms with Crippen LogP contribution in [0, 0.1) is 0 Å². The number of hydrogen-bond acceptors (Lipinski definition) is 2. The maximum absolute atomic E-state index is 6.27. The van der Waals surface area contributed by atoms with E-state index in [4.69, 9.17) is 23.2 Å². The van der Waals surface area contributed by atoms with Gasteiger partial charge in [0.15, 0.2) is 0 Å². The Morgan fingerprint density at radius 1 is 1.05 bits per heavy atom. The summed E-state index contributed by atoms with van der Waals surface area (Å²) in [5.41, 5.74) is 1.04. The molecule has 4 heteroatoms. The fourth-order valence-electron chi connectivity index (χ4n) is 1.81. The number of nitrogens with one attached hydrogen (secondary N) is 1. The van der Waals surface area contributed by atoms with E-state index >= 15 is 0 Å². The number of rotatable bonds is 5. The molecule has 1 unspecified atom stereocenters. The molecule has 0 radical (unpaired) electrons. The number of halogens is 2. The van der Waals surface area contributed by atoms with E-state index in [1.807, 2.05) is 43.4 Å². The molecule has 1 N–H and O–H groups in total. The monoisotopic (exact) mass is 311 g/mol. The van der Waals surface area contributed by atoms with Crippen LogP contribution < -0.4 is 5.32 Å². The van der Waals surface area contributed by atoms with Crippen molar-refractivity contribution in [3.63, 3.8) is 0 Å². The van der Waals surface area contributed by atoms with Crippen LogP contribution in [0.5, 0.6) is 0 Å². The van der Waals surface area contributed by atoms with Crippen molar-refractivity contribution in [1.82, 2.24) is 5.32 Å². The molecule has 0 aromatic heterocycles. The average Bonchev–Trinajstić information content (AvgIpc) is 2.45. The Kier molecular flexibility index (Phi) is 5.59. The predicted molar refractivity (Wildman–Crippen MR) is 85.4 cm³/mol. The maximum Gasteiger partial charge on any atom is 0.0640 e. The molecule has 0 amide bonds. The molecule has 100 valence electrons. The summed E-state index contributed by atoms with van der Waals surface area (Å²) >= 11 is 14.1. The van der Waals surface area contributed by atoms with E-state index in [0.717, 1.165) is 11.3 Å². The van der Waals surface area contributed by atoms with E-state index in [0.29, 0.717) is 10.0 Å². The lowest BCUT2D eigenvalue weighted by molar-refractivity contribution is 0.662. The summed E-state index contributed by atoms with van der Waals surface area (Å²) in [6, 6.07) is 16.3. The van der Waals surface area contributed by atoms with Crippen LogP contribution in [0.2, 0.25) is 10.0 Å². The van der Waals surface area contributed by atoms with Crippen molar-refractivity contribution in [3.05, 3.63) is 64.1 Å². The normalized spacial score (nSPS) is 12.4. The third-order valence-corrected chi connectivity index (χ3v) is 4.80. The van der Waals surface area contributed by atoms with Crippen LogP contribution in [-0.2, 0) is 0 Å². The first-order chi connectivity index (χ1) is 9.22. The zero-order valence-corrected chi connectivity index (χ0v) is 12.9. The molecule has 2 aromatic carbocycles. The van der Waals surface area contributed by atoms with E-state index in [1.165, 1.54) is 4.90 Å². The second kappa shape index (κ2) is 7.20. The quantitative estimate of drug-likeness (QED) is 0.776. The Bertz CT molecular complexity index is 531. The molecule has 0 saturated heterocycles. The number of benzene rings is 2. The molecular weight excluding hydrogens is 297 g/mol. The van der Waals surface area contributed by atoms with Crippen molar-refractivity contribution >= 4 is 35.0 Å². The fraction of sp³-hybridized carbons (Fsp3) is 0.200. The lowest BCUT2D eigenvalue weighted by atomic mass is 10.1. The minimum Gasteiger partial charge on any atom is -0.312 e. The third-order valence-electron chi connectivity index (χ3n) is 2.87. The highest BCUT2D eigenvalue weighted by Crippen LogP contribution is 2.32. The lowest BCUT2D eigenvalue weighted by Gasteiger charge is -2.18. The van der Waals surface area contributed by atoms with Crippen molar-refractivity contribution in [2.45, 2.75) is 10.9 Å². The summed E-state index contributed by atoms with van der Waals surface area (Å²) in [6.07, 6.45) is 0. The van der Waals surface area contributed by atoms with E-state index < -0.39 is 0 Å². The molecule has 1 nitrogen and oxygen atoms in total. The van der Waals surface area contributed by atoms with Crippen LogP contribution >= 0.6 is 35.0 Å².